The Bertz CT molecular complexity index is 715. The maximum atomic E-state index is 12.7. The molecule has 2 heterocycles. The third kappa shape index (κ3) is 2.75. The van der Waals surface area contributed by atoms with Gasteiger partial charge in [0.1, 0.15) is 12.6 Å². The smallest absolute Gasteiger partial charge is 0.322 e. The number of nitrogens with zero attached hydrogens (tertiary/aromatic N) is 1. The molecule has 2 aliphatic heterocycles. The van der Waals surface area contributed by atoms with Crippen molar-refractivity contribution in [1.29, 1.82) is 0 Å². The van der Waals surface area contributed by atoms with E-state index in [2.05, 4.69) is 10.6 Å². The number of hydrogen-bond donors (Lipinski definition) is 3. The average molecular weight is 317 g/mol. The van der Waals surface area contributed by atoms with Crippen LogP contribution in [-0.4, -0.2) is 46.3 Å². The SMILES string of the molecule is O=C(O)CNc1cccc2c1C(=O)N(C1CCC(=O)NC1=O)C2. The molecule has 3 N–H and O–H groups in total. The van der Waals surface area contributed by atoms with Crippen LogP contribution in [0.15, 0.2) is 18.2 Å². The summed E-state index contributed by atoms with van der Waals surface area (Å²) in [6.45, 7) is -0.0365. The van der Waals surface area contributed by atoms with Gasteiger partial charge in [0.15, 0.2) is 0 Å². The zero-order valence-corrected chi connectivity index (χ0v) is 12.2. The van der Waals surface area contributed by atoms with Crippen LogP contribution in [0, 0.1) is 0 Å². The molecule has 1 unspecified atom stereocenters. The number of amides is 3. The van der Waals surface area contributed by atoms with Crippen molar-refractivity contribution in [3.05, 3.63) is 29.3 Å². The quantitative estimate of drug-likeness (QED) is 0.670. The highest BCUT2D eigenvalue weighted by molar-refractivity contribution is 6.08. The second-order valence-corrected chi connectivity index (χ2v) is 5.49. The monoisotopic (exact) mass is 317 g/mol. The number of carbonyl (C=O) groups excluding carboxylic acids is 3. The Kier molecular flexibility index (Phi) is 3.73. The van der Waals surface area contributed by atoms with E-state index >= 15 is 0 Å². The molecular weight excluding hydrogens is 302 g/mol. The summed E-state index contributed by atoms with van der Waals surface area (Å²) in [5, 5.41) is 13.7. The third-order valence-electron chi connectivity index (χ3n) is 3.98. The van der Waals surface area contributed by atoms with Gasteiger partial charge in [0.25, 0.3) is 5.91 Å². The number of aliphatic carboxylic acids is 1. The molecule has 1 aromatic rings. The first-order valence-electron chi connectivity index (χ1n) is 7.19. The van der Waals surface area contributed by atoms with Gasteiger partial charge in [0.05, 0.1) is 5.56 Å². The molecule has 8 nitrogen and oxygen atoms in total. The minimum atomic E-state index is -1.03. The number of carboxylic acids is 1. The van der Waals surface area contributed by atoms with Crippen molar-refractivity contribution in [3.63, 3.8) is 0 Å². The van der Waals surface area contributed by atoms with Crippen LogP contribution >= 0.6 is 0 Å². The van der Waals surface area contributed by atoms with Crippen molar-refractivity contribution < 1.29 is 24.3 Å². The summed E-state index contributed by atoms with van der Waals surface area (Å²) < 4.78 is 0. The van der Waals surface area contributed by atoms with E-state index in [9.17, 15) is 19.2 Å². The second-order valence-electron chi connectivity index (χ2n) is 5.49. The third-order valence-corrected chi connectivity index (χ3v) is 3.98. The van der Waals surface area contributed by atoms with Crippen LogP contribution in [0.25, 0.3) is 0 Å². The van der Waals surface area contributed by atoms with E-state index in [-0.39, 0.29) is 31.3 Å². The van der Waals surface area contributed by atoms with Crippen molar-refractivity contribution in [3.8, 4) is 0 Å². The van der Waals surface area contributed by atoms with Crippen LogP contribution in [-0.2, 0) is 20.9 Å². The number of fused-ring (bicyclic) bond motifs is 1. The first kappa shape index (κ1) is 15.0. The molecule has 0 bridgehead atoms. The summed E-state index contributed by atoms with van der Waals surface area (Å²) in [6.07, 6.45) is 0.489. The normalized spacial score (nSPS) is 20.3. The van der Waals surface area contributed by atoms with Gasteiger partial charge in [-0.25, -0.2) is 0 Å². The molecule has 1 saturated heterocycles. The van der Waals surface area contributed by atoms with Crippen molar-refractivity contribution in [2.45, 2.75) is 25.4 Å². The Morgan fingerprint density at radius 3 is 2.83 bits per heavy atom. The van der Waals surface area contributed by atoms with E-state index < -0.39 is 17.9 Å². The molecule has 0 spiro atoms. The summed E-state index contributed by atoms with van der Waals surface area (Å²) in [4.78, 5) is 48.0. The van der Waals surface area contributed by atoms with Crippen LogP contribution in [0.5, 0.6) is 0 Å². The Labute approximate surface area is 131 Å². The molecule has 23 heavy (non-hydrogen) atoms. The Morgan fingerprint density at radius 1 is 1.35 bits per heavy atom. The van der Waals surface area contributed by atoms with Gasteiger partial charge >= 0.3 is 5.97 Å². The van der Waals surface area contributed by atoms with E-state index in [1.165, 1.54) is 4.90 Å². The molecule has 0 aromatic heterocycles. The number of rotatable bonds is 4. The fourth-order valence-corrected chi connectivity index (χ4v) is 2.93. The van der Waals surface area contributed by atoms with Crippen molar-refractivity contribution in [2.24, 2.45) is 0 Å². The molecule has 8 heteroatoms. The van der Waals surface area contributed by atoms with E-state index in [0.717, 1.165) is 5.56 Å². The number of nitrogens with one attached hydrogen (secondary N) is 2. The standard InChI is InChI=1S/C15H15N3O5/c19-11-5-4-10(14(22)17-11)18-7-8-2-1-3-9(13(8)15(18)23)16-6-12(20)21/h1-3,10,16H,4-7H2,(H,20,21)(H,17,19,22). The van der Waals surface area contributed by atoms with Gasteiger partial charge in [-0.1, -0.05) is 12.1 Å². The highest BCUT2D eigenvalue weighted by Gasteiger charge is 2.40. The first-order chi connectivity index (χ1) is 11.0. The fourth-order valence-electron chi connectivity index (χ4n) is 2.93. The molecule has 3 rings (SSSR count). The molecule has 1 atom stereocenters. The molecule has 2 aliphatic rings. The highest BCUT2D eigenvalue weighted by atomic mass is 16.4. The molecule has 0 radical (unpaired) electrons. The Hall–Kier alpha value is -2.90. The number of carboxylic acid groups (broad SMARTS) is 1. The molecule has 1 fully saturated rings. The molecule has 0 aliphatic carbocycles. The van der Waals surface area contributed by atoms with Crippen LogP contribution in [0.2, 0.25) is 0 Å². The molecule has 1 aromatic carbocycles. The van der Waals surface area contributed by atoms with Crippen molar-refractivity contribution in [2.75, 3.05) is 11.9 Å². The van der Waals surface area contributed by atoms with Gasteiger partial charge in [-0.2, -0.15) is 0 Å². The fraction of sp³-hybridized carbons (Fsp3) is 0.333. The lowest BCUT2D eigenvalue weighted by Gasteiger charge is -2.29. The molecule has 3 amide bonds. The zero-order chi connectivity index (χ0) is 16.6. The number of anilines is 1. The van der Waals surface area contributed by atoms with Crippen LogP contribution in [0.1, 0.15) is 28.8 Å². The predicted octanol–water partition coefficient (Wildman–Crippen LogP) is -0.0559. The number of hydrogen-bond acceptors (Lipinski definition) is 5. The number of carbonyl (C=O) groups is 4. The topological polar surface area (TPSA) is 116 Å². The van der Waals surface area contributed by atoms with Crippen LogP contribution < -0.4 is 10.6 Å². The summed E-state index contributed by atoms with van der Waals surface area (Å²) in [7, 11) is 0. The lowest BCUT2D eigenvalue weighted by atomic mass is 10.0. The minimum absolute atomic E-state index is 0.195. The molecular formula is C15H15N3O5. The largest absolute Gasteiger partial charge is 0.480 e. The number of piperidine rings is 1. The predicted molar refractivity (Wildman–Crippen MR) is 78.6 cm³/mol. The molecule has 0 saturated carbocycles. The summed E-state index contributed by atoms with van der Waals surface area (Å²) >= 11 is 0. The highest BCUT2D eigenvalue weighted by Crippen LogP contribution is 2.32. The van der Waals surface area contributed by atoms with Gasteiger partial charge in [-0.3, -0.25) is 24.5 Å². The second kappa shape index (κ2) is 5.71. The van der Waals surface area contributed by atoms with Crippen molar-refractivity contribution >= 4 is 29.4 Å². The Morgan fingerprint density at radius 2 is 2.13 bits per heavy atom. The summed E-state index contributed by atoms with van der Waals surface area (Å²) in [6, 6.07) is 4.45. The lowest BCUT2D eigenvalue weighted by Crippen LogP contribution is -2.52. The van der Waals surface area contributed by atoms with Gasteiger partial charge < -0.3 is 15.3 Å². The lowest BCUT2D eigenvalue weighted by molar-refractivity contribution is -0.137. The minimum Gasteiger partial charge on any atom is -0.480 e. The van der Waals surface area contributed by atoms with Gasteiger partial charge in [0, 0.05) is 18.7 Å². The van der Waals surface area contributed by atoms with Crippen LogP contribution in [0.4, 0.5) is 5.69 Å². The van der Waals surface area contributed by atoms with E-state index in [1.54, 1.807) is 18.2 Å². The summed E-state index contributed by atoms with van der Waals surface area (Å²) in [5.74, 6) is -2.17. The van der Waals surface area contributed by atoms with Crippen molar-refractivity contribution in [1.82, 2.24) is 10.2 Å². The van der Waals surface area contributed by atoms with E-state index in [4.69, 9.17) is 5.11 Å². The number of benzene rings is 1. The van der Waals surface area contributed by atoms with Gasteiger partial charge in [-0.05, 0) is 18.1 Å². The maximum absolute atomic E-state index is 12.7. The average Bonchev–Trinajstić information content (AvgIpc) is 2.83. The first-order valence-corrected chi connectivity index (χ1v) is 7.19. The Balaban J connectivity index is 1.84. The molecule has 120 valence electrons. The maximum Gasteiger partial charge on any atom is 0.322 e. The van der Waals surface area contributed by atoms with E-state index in [0.29, 0.717) is 17.7 Å². The summed E-state index contributed by atoms with van der Waals surface area (Å²) in [5.41, 5.74) is 1.55. The van der Waals surface area contributed by atoms with Crippen LogP contribution in [0.3, 0.4) is 0 Å². The zero-order valence-electron chi connectivity index (χ0n) is 12.2. The van der Waals surface area contributed by atoms with Gasteiger partial charge in [-0.15, -0.1) is 0 Å². The number of imide groups is 1. The van der Waals surface area contributed by atoms with Gasteiger partial charge in [0.2, 0.25) is 11.8 Å². The van der Waals surface area contributed by atoms with E-state index in [1.807, 2.05) is 0 Å².